The summed E-state index contributed by atoms with van der Waals surface area (Å²) < 4.78 is 22.1. The van der Waals surface area contributed by atoms with Gasteiger partial charge in [0.05, 0.1) is 5.75 Å². The normalized spacial score (nSPS) is 11.8. The molecule has 0 radical (unpaired) electrons. The van der Waals surface area contributed by atoms with Crippen molar-refractivity contribution in [2.45, 2.75) is 33.1 Å². The van der Waals surface area contributed by atoms with Crippen molar-refractivity contribution >= 4 is 9.84 Å². The summed E-state index contributed by atoms with van der Waals surface area (Å²) in [5.41, 5.74) is 0. The Morgan fingerprint density at radius 2 is 1.77 bits per heavy atom. The molecule has 13 heavy (non-hydrogen) atoms. The highest BCUT2D eigenvalue weighted by molar-refractivity contribution is 7.91. The summed E-state index contributed by atoms with van der Waals surface area (Å²) in [6, 6.07) is 0. The quantitative estimate of drug-likeness (QED) is 0.608. The van der Waals surface area contributed by atoms with Gasteiger partial charge in [0, 0.05) is 5.75 Å². The Labute approximate surface area is 81.8 Å². The van der Waals surface area contributed by atoms with Crippen LogP contribution in [0.25, 0.3) is 0 Å². The van der Waals surface area contributed by atoms with Crippen molar-refractivity contribution in [2.75, 3.05) is 24.6 Å². The average molecular weight is 207 g/mol. The van der Waals surface area contributed by atoms with Crippen molar-refractivity contribution in [3.63, 3.8) is 0 Å². The average Bonchev–Trinajstić information content (AvgIpc) is 2.11. The van der Waals surface area contributed by atoms with Crippen LogP contribution in [0.15, 0.2) is 0 Å². The van der Waals surface area contributed by atoms with E-state index in [4.69, 9.17) is 0 Å². The maximum Gasteiger partial charge on any atom is 0.150 e. The molecule has 0 rings (SSSR count). The number of unbranched alkanes of at least 4 members (excludes halogenated alkanes) is 2. The van der Waals surface area contributed by atoms with Crippen LogP contribution in [0.5, 0.6) is 0 Å². The molecule has 0 heterocycles. The van der Waals surface area contributed by atoms with E-state index in [0.717, 1.165) is 32.4 Å². The SMILES string of the molecule is CCNCCCCCS(=O)(=O)CC. The Hall–Kier alpha value is -0.0900. The van der Waals surface area contributed by atoms with Crippen LogP contribution in [-0.4, -0.2) is 33.0 Å². The molecule has 0 unspecified atom stereocenters. The second-order valence-electron chi connectivity index (χ2n) is 3.15. The number of hydrogen-bond donors (Lipinski definition) is 1. The first-order valence-electron chi connectivity index (χ1n) is 5.03. The number of rotatable bonds is 8. The van der Waals surface area contributed by atoms with Gasteiger partial charge in [0.25, 0.3) is 0 Å². The number of nitrogens with one attached hydrogen (secondary N) is 1. The van der Waals surface area contributed by atoms with Crippen molar-refractivity contribution in [1.29, 1.82) is 0 Å². The van der Waals surface area contributed by atoms with E-state index < -0.39 is 9.84 Å². The third-order valence-corrected chi connectivity index (χ3v) is 3.79. The topological polar surface area (TPSA) is 46.2 Å². The Morgan fingerprint density at radius 3 is 2.31 bits per heavy atom. The standard InChI is InChI=1S/C9H21NO2S/c1-3-10-8-6-5-7-9-13(11,12)4-2/h10H,3-9H2,1-2H3. The summed E-state index contributed by atoms with van der Waals surface area (Å²) >= 11 is 0. The smallest absolute Gasteiger partial charge is 0.150 e. The second-order valence-corrected chi connectivity index (χ2v) is 5.62. The van der Waals surface area contributed by atoms with Gasteiger partial charge in [0.2, 0.25) is 0 Å². The molecule has 4 heteroatoms. The Balaban J connectivity index is 3.26. The molecule has 3 nitrogen and oxygen atoms in total. The fourth-order valence-electron chi connectivity index (χ4n) is 1.07. The summed E-state index contributed by atoms with van der Waals surface area (Å²) in [4.78, 5) is 0. The monoisotopic (exact) mass is 207 g/mol. The minimum Gasteiger partial charge on any atom is -0.317 e. The fraction of sp³-hybridized carbons (Fsp3) is 1.00. The minimum atomic E-state index is -2.73. The highest BCUT2D eigenvalue weighted by Gasteiger charge is 2.05. The van der Waals surface area contributed by atoms with Crippen molar-refractivity contribution < 1.29 is 8.42 Å². The first kappa shape index (κ1) is 12.9. The molecule has 0 aromatic rings. The first-order valence-corrected chi connectivity index (χ1v) is 6.85. The van der Waals surface area contributed by atoms with Crippen LogP contribution in [0.3, 0.4) is 0 Å². The van der Waals surface area contributed by atoms with Gasteiger partial charge in [-0.05, 0) is 25.9 Å². The van der Waals surface area contributed by atoms with E-state index in [1.165, 1.54) is 0 Å². The fourth-order valence-corrected chi connectivity index (χ4v) is 2.00. The highest BCUT2D eigenvalue weighted by Crippen LogP contribution is 1.99. The molecule has 0 aliphatic rings. The van der Waals surface area contributed by atoms with Crippen molar-refractivity contribution in [3.8, 4) is 0 Å². The maximum atomic E-state index is 11.1. The summed E-state index contributed by atoms with van der Waals surface area (Å²) in [6.45, 7) is 5.77. The number of sulfone groups is 1. The summed E-state index contributed by atoms with van der Waals surface area (Å²) in [5, 5.41) is 3.21. The van der Waals surface area contributed by atoms with Gasteiger partial charge >= 0.3 is 0 Å². The van der Waals surface area contributed by atoms with Gasteiger partial charge in [0.15, 0.2) is 0 Å². The van der Waals surface area contributed by atoms with E-state index in [-0.39, 0.29) is 5.75 Å². The largest absolute Gasteiger partial charge is 0.317 e. The van der Waals surface area contributed by atoms with Crippen LogP contribution in [0.1, 0.15) is 33.1 Å². The molecule has 80 valence electrons. The van der Waals surface area contributed by atoms with Crippen LogP contribution >= 0.6 is 0 Å². The van der Waals surface area contributed by atoms with Gasteiger partial charge in [-0.1, -0.05) is 20.3 Å². The predicted octanol–water partition coefficient (Wildman–Crippen LogP) is 1.20. The van der Waals surface area contributed by atoms with Gasteiger partial charge < -0.3 is 5.32 Å². The third-order valence-electron chi connectivity index (χ3n) is 2.00. The minimum absolute atomic E-state index is 0.278. The molecule has 0 amide bonds. The highest BCUT2D eigenvalue weighted by atomic mass is 32.2. The molecule has 1 N–H and O–H groups in total. The summed E-state index contributed by atoms with van der Waals surface area (Å²) in [5.74, 6) is 0.635. The van der Waals surface area contributed by atoms with Gasteiger partial charge in [0.1, 0.15) is 9.84 Å². The maximum absolute atomic E-state index is 11.1. The third kappa shape index (κ3) is 8.25. The molecule has 0 saturated heterocycles. The van der Waals surface area contributed by atoms with E-state index in [1.54, 1.807) is 6.92 Å². The Morgan fingerprint density at radius 1 is 1.08 bits per heavy atom. The van der Waals surface area contributed by atoms with E-state index in [0.29, 0.717) is 5.75 Å². The van der Waals surface area contributed by atoms with Crippen molar-refractivity contribution in [3.05, 3.63) is 0 Å². The lowest BCUT2D eigenvalue weighted by Gasteiger charge is -2.02. The van der Waals surface area contributed by atoms with Crippen LogP contribution in [-0.2, 0) is 9.84 Å². The molecule has 0 bridgehead atoms. The van der Waals surface area contributed by atoms with Crippen LogP contribution < -0.4 is 5.32 Å². The molecule has 0 atom stereocenters. The predicted molar refractivity (Wildman–Crippen MR) is 56.7 cm³/mol. The zero-order valence-electron chi connectivity index (χ0n) is 8.67. The lowest BCUT2D eigenvalue weighted by Crippen LogP contribution is -2.14. The molecule has 0 aliphatic heterocycles. The van der Waals surface area contributed by atoms with Crippen LogP contribution in [0.2, 0.25) is 0 Å². The van der Waals surface area contributed by atoms with Gasteiger partial charge in [-0.15, -0.1) is 0 Å². The lowest BCUT2D eigenvalue weighted by atomic mass is 10.2. The Kier molecular flexibility index (Phi) is 7.28. The number of hydrogen-bond acceptors (Lipinski definition) is 3. The van der Waals surface area contributed by atoms with E-state index >= 15 is 0 Å². The molecule has 0 aromatic heterocycles. The van der Waals surface area contributed by atoms with E-state index in [9.17, 15) is 8.42 Å². The zero-order chi connectivity index (χ0) is 10.2. The van der Waals surface area contributed by atoms with Crippen molar-refractivity contribution in [1.82, 2.24) is 5.32 Å². The van der Waals surface area contributed by atoms with Gasteiger partial charge in [-0.25, -0.2) is 8.42 Å². The van der Waals surface area contributed by atoms with Crippen molar-refractivity contribution in [2.24, 2.45) is 0 Å². The molecule has 0 aromatic carbocycles. The molecular formula is C9H21NO2S. The Bertz CT molecular complexity index is 200. The second kappa shape index (κ2) is 7.33. The first-order chi connectivity index (χ1) is 6.12. The molecule has 0 fully saturated rings. The van der Waals surface area contributed by atoms with E-state index in [2.05, 4.69) is 12.2 Å². The molecular weight excluding hydrogens is 186 g/mol. The molecule has 0 saturated carbocycles. The molecule has 0 aliphatic carbocycles. The van der Waals surface area contributed by atoms with Crippen LogP contribution in [0.4, 0.5) is 0 Å². The zero-order valence-corrected chi connectivity index (χ0v) is 9.49. The molecule has 0 spiro atoms. The summed E-state index contributed by atoms with van der Waals surface area (Å²) in [7, 11) is -2.73. The van der Waals surface area contributed by atoms with Gasteiger partial charge in [-0.2, -0.15) is 0 Å². The summed E-state index contributed by atoms with van der Waals surface area (Å²) in [6.07, 6.45) is 2.89. The van der Waals surface area contributed by atoms with E-state index in [1.807, 2.05) is 0 Å². The van der Waals surface area contributed by atoms with Gasteiger partial charge in [-0.3, -0.25) is 0 Å². The van der Waals surface area contributed by atoms with Crippen LogP contribution in [0, 0.1) is 0 Å². The lowest BCUT2D eigenvalue weighted by molar-refractivity contribution is 0.586.